The van der Waals surface area contributed by atoms with Crippen molar-refractivity contribution in [3.63, 3.8) is 0 Å². The van der Waals surface area contributed by atoms with Gasteiger partial charge in [-0.2, -0.15) is 0 Å². The van der Waals surface area contributed by atoms with E-state index in [-0.39, 0.29) is 0 Å². The first-order valence-corrected chi connectivity index (χ1v) is 23.5. The van der Waals surface area contributed by atoms with E-state index in [1.165, 1.54) is 264 Å². The number of nitrogens with zero attached hydrogens (tertiary/aromatic N) is 2. The molecule has 0 saturated carbocycles. The number of unbranched alkanes of at least 4 members (excludes halogenated alkanes) is 35. The van der Waals surface area contributed by atoms with Gasteiger partial charge in [-0.25, -0.2) is 0 Å². The Morgan fingerprint density at radius 3 is 0.714 bits per heavy atom. The molecule has 0 aromatic heterocycles. The third-order valence-electron chi connectivity index (χ3n) is 11.6. The molecule has 2 heteroatoms. The molecular weight excluding hydrogens is 593 g/mol. The van der Waals surface area contributed by atoms with Gasteiger partial charge in [0, 0.05) is 25.5 Å². The lowest BCUT2D eigenvalue weighted by molar-refractivity contribution is 0.135. The highest BCUT2D eigenvalue weighted by Gasteiger charge is 2.24. The first kappa shape index (κ1) is 46.4. The van der Waals surface area contributed by atoms with Crippen molar-refractivity contribution < 1.29 is 0 Å². The Balaban J connectivity index is 2.17. The molecule has 0 amide bonds. The average molecular weight is 687 g/mol. The van der Waals surface area contributed by atoms with E-state index in [9.17, 15) is 0 Å². The highest BCUT2D eigenvalue weighted by molar-refractivity contribution is 4.97. The van der Waals surface area contributed by atoms with Crippen molar-refractivity contribution >= 4 is 0 Å². The van der Waals surface area contributed by atoms with Gasteiger partial charge in [-0.15, -0.1) is 0 Å². The van der Waals surface area contributed by atoms with Crippen molar-refractivity contribution in [1.82, 2.24) is 9.80 Å². The smallest absolute Gasteiger partial charge is 0.101 e. The van der Waals surface area contributed by atoms with E-state index >= 15 is 0 Å². The second kappa shape index (κ2) is 38.6. The summed E-state index contributed by atoms with van der Waals surface area (Å²) in [5.41, 5.74) is 0. The topological polar surface area (TPSA) is 6.48 Å². The summed E-state index contributed by atoms with van der Waals surface area (Å²) < 4.78 is 0. The van der Waals surface area contributed by atoms with Crippen molar-refractivity contribution in [3.05, 3.63) is 12.4 Å². The van der Waals surface area contributed by atoms with E-state index in [1.54, 1.807) is 0 Å². The summed E-state index contributed by atoms with van der Waals surface area (Å²) in [4.78, 5) is 5.46. The monoisotopic (exact) mass is 687 g/mol. The molecule has 1 aliphatic heterocycles. The van der Waals surface area contributed by atoms with E-state index in [0.29, 0.717) is 6.17 Å². The molecule has 0 bridgehead atoms. The van der Waals surface area contributed by atoms with Gasteiger partial charge in [0.15, 0.2) is 0 Å². The number of rotatable bonds is 41. The van der Waals surface area contributed by atoms with E-state index in [4.69, 9.17) is 0 Å². The molecule has 1 rings (SSSR count). The molecule has 2 nitrogen and oxygen atoms in total. The normalized spacial score (nSPS) is 14.6. The van der Waals surface area contributed by atoms with Gasteiger partial charge in [0.25, 0.3) is 0 Å². The van der Waals surface area contributed by atoms with Gasteiger partial charge < -0.3 is 9.80 Å². The molecule has 49 heavy (non-hydrogen) atoms. The van der Waals surface area contributed by atoms with Gasteiger partial charge in [0.2, 0.25) is 0 Å². The Morgan fingerprint density at radius 1 is 0.265 bits per heavy atom. The minimum atomic E-state index is 0.637. The Morgan fingerprint density at radius 2 is 0.469 bits per heavy atom. The van der Waals surface area contributed by atoms with Gasteiger partial charge >= 0.3 is 0 Å². The zero-order chi connectivity index (χ0) is 35.1. The van der Waals surface area contributed by atoms with E-state index in [2.05, 4.69) is 43.0 Å². The quantitative estimate of drug-likeness (QED) is 0.0591. The van der Waals surface area contributed by atoms with Crippen LogP contribution in [0.3, 0.4) is 0 Å². The van der Waals surface area contributed by atoms with E-state index in [1.807, 2.05) is 0 Å². The minimum absolute atomic E-state index is 0.637. The molecule has 1 aliphatic rings. The third-order valence-corrected chi connectivity index (χ3v) is 11.6. The van der Waals surface area contributed by atoms with Crippen molar-refractivity contribution in [2.75, 3.05) is 13.1 Å². The standard InChI is InChI=1S/C47H94N2/c1-4-7-10-13-16-19-21-23-24-25-26-27-28-30-33-36-39-42-47-48(43-40-37-34-31-18-15-12-9-6-3)45-46-49(47)44-41-38-35-32-29-22-20-17-14-11-8-5-2/h45-47H,4-44H2,1-3H3. The maximum atomic E-state index is 2.73. The summed E-state index contributed by atoms with van der Waals surface area (Å²) in [6, 6.07) is 0. The van der Waals surface area contributed by atoms with Crippen molar-refractivity contribution in [2.45, 2.75) is 277 Å². The van der Waals surface area contributed by atoms with E-state index < -0.39 is 0 Å². The van der Waals surface area contributed by atoms with Crippen LogP contribution in [-0.2, 0) is 0 Å². The first-order chi connectivity index (χ1) is 24.3. The summed E-state index contributed by atoms with van der Waals surface area (Å²) in [6.45, 7) is 9.49. The van der Waals surface area contributed by atoms with Crippen LogP contribution in [0.15, 0.2) is 12.4 Å². The second-order valence-corrected chi connectivity index (χ2v) is 16.4. The van der Waals surface area contributed by atoms with Gasteiger partial charge in [-0.1, -0.05) is 245 Å². The van der Waals surface area contributed by atoms with Crippen molar-refractivity contribution in [2.24, 2.45) is 0 Å². The third kappa shape index (κ3) is 30.7. The molecule has 1 heterocycles. The molecule has 0 saturated heterocycles. The molecule has 1 unspecified atom stereocenters. The Labute approximate surface area is 311 Å². The molecule has 0 aliphatic carbocycles. The fourth-order valence-corrected chi connectivity index (χ4v) is 8.13. The predicted octanol–water partition coefficient (Wildman–Crippen LogP) is 16.7. The molecule has 0 aromatic rings. The fraction of sp³-hybridized carbons (Fsp3) is 0.957. The second-order valence-electron chi connectivity index (χ2n) is 16.4. The molecule has 0 aromatic carbocycles. The van der Waals surface area contributed by atoms with Crippen LogP contribution in [0.25, 0.3) is 0 Å². The predicted molar refractivity (Wildman–Crippen MR) is 223 cm³/mol. The maximum absolute atomic E-state index is 2.73. The summed E-state index contributed by atoms with van der Waals surface area (Å²) in [7, 11) is 0. The van der Waals surface area contributed by atoms with Crippen LogP contribution in [-0.4, -0.2) is 29.1 Å². The highest BCUT2D eigenvalue weighted by Crippen LogP contribution is 2.24. The van der Waals surface area contributed by atoms with Crippen LogP contribution >= 0.6 is 0 Å². The molecular formula is C47H94N2. The molecule has 0 fully saturated rings. The highest BCUT2D eigenvalue weighted by atomic mass is 15.4. The van der Waals surface area contributed by atoms with Gasteiger partial charge in [0.1, 0.15) is 6.17 Å². The average Bonchev–Trinajstić information content (AvgIpc) is 3.50. The van der Waals surface area contributed by atoms with Crippen LogP contribution in [0.2, 0.25) is 0 Å². The Bertz CT molecular complexity index is 644. The Kier molecular flexibility index (Phi) is 36.5. The number of hydrogen-bond donors (Lipinski definition) is 0. The van der Waals surface area contributed by atoms with Crippen molar-refractivity contribution in [1.29, 1.82) is 0 Å². The van der Waals surface area contributed by atoms with E-state index in [0.717, 1.165) is 0 Å². The van der Waals surface area contributed by atoms with Gasteiger partial charge in [-0.05, 0) is 25.7 Å². The summed E-state index contributed by atoms with van der Waals surface area (Å²) in [6.07, 6.45) is 61.9. The zero-order valence-corrected chi connectivity index (χ0v) is 34.6. The molecule has 0 spiro atoms. The molecule has 0 N–H and O–H groups in total. The van der Waals surface area contributed by atoms with Gasteiger partial charge in [-0.3, -0.25) is 0 Å². The number of hydrogen-bond acceptors (Lipinski definition) is 2. The zero-order valence-electron chi connectivity index (χ0n) is 34.6. The summed E-state index contributed by atoms with van der Waals surface area (Å²) in [5.74, 6) is 0. The van der Waals surface area contributed by atoms with Crippen LogP contribution in [0.1, 0.15) is 271 Å². The lowest BCUT2D eigenvalue weighted by Crippen LogP contribution is -2.39. The molecule has 1 atom stereocenters. The molecule has 0 radical (unpaired) electrons. The maximum Gasteiger partial charge on any atom is 0.101 e. The lowest BCUT2D eigenvalue weighted by Gasteiger charge is -2.33. The summed E-state index contributed by atoms with van der Waals surface area (Å²) in [5, 5.41) is 0. The van der Waals surface area contributed by atoms with Crippen LogP contribution < -0.4 is 0 Å². The lowest BCUT2D eigenvalue weighted by atomic mass is 10.0. The first-order valence-electron chi connectivity index (χ1n) is 23.5. The summed E-state index contributed by atoms with van der Waals surface area (Å²) >= 11 is 0. The fourth-order valence-electron chi connectivity index (χ4n) is 8.13. The van der Waals surface area contributed by atoms with Gasteiger partial charge in [0.05, 0.1) is 0 Å². The van der Waals surface area contributed by atoms with Crippen LogP contribution in [0, 0.1) is 0 Å². The SMILES string of the molecule is CCCCCCCCCCCCCCCCCCCC1N(CCCCCCCCCCC)C=CN1CCCCCCCCCCCCCC. The Hall–Kier alpha value is -0.660. The van der Waals surface area contributed by atoms with Crippen molar-refractivity contribution in [3.8, 4) is 0 Å². The molecule has 292 valence electrons. The largest absolute Gasteiger partial charge is 0.356 e. The minimum Gasteiger partial charge on any atom is -0.356 e. The van der Waals surface area contributed by atoms with Crippen LogP contribution in [0.4, 0.5) is 0 Å². The van der Waals surface area contributed by atoms with Crippen LogP contribution in [0.5, 0.6) is 0 Å².